The lowest BCUT2D eigenvalue weighted by Crippen LogP contribution is -2.55. The summed E-state index contributed by atoms with van der Waals surface area (Å²) in [4.78, 5) is 29.3. The second-order valence-electron chi connectivity index (χ2n) is 5.80. The number of imide groups is 1. The summed E-state index contributed by atoms with van der Waals surface area (Å²) in [5, 5.41) is 2.56. The lowest BCUT2D eigenvalue weighted by Gasteiger charge is -2.41. The van der Waals surface area contributed by atoms with Crippen molar-refractivity contribution in [3.05, 3.63) is 0 Å². The summed E-state index contributed by atoms with van der Waals surface area (Å²) < 4.78 is 5.45. The Bertz CT molecular complexity index is 375. The molecular formula is C15H28N4O3. The molecule has 0 spiro atoms. The first-order chi connectivity index (χ1) is 10.7. The van der Waals surface area contributed by atoms with Gasteiger partial charge in [-0.1, -0.05) is 6.92 Å². The first kappa shape index (κ1) is 17.2. The van der Waals surface area contributed by atoms with E-state index in [-0.39, 0.29) is 18.5 Å². The molecule has 0 bridgehead atoms. The van der Waals surface area contributed by atoms with E-state index in [1.54, 1.807) is 0 Å². The summed E-state index contributed by atoms with van der Waals surface area (Å²) >= 11 is 0. The minimum absolute atomic E-state index is 0.118. The first-order valence-corrected chi connectivity index (χ1v) is 8.28. The Morgan fingerprint density at radius 3 is 2.64 bits per heavy atom. The van der Waals surface area contributed by atoms with Crippen LogP contribution in [-0.2, 0) is 9.53 Å². The van der Waals surface area contributed by atoms with Crippen molar-refractivity contribution < 1.29 is 14.3 Å². The van der Waals surface area contributed by atoms with E-state index in [9.17, 15) is 9.59 Å². The predicted octanol–water partition coefficient (Wildman–Crippen LogP) is -0.0291. The van der Waals surface area contributed by atoms with Crippen LogP contribution in [0.2, 0.25) is 0 Å². The Hall–Kier alpha value is -1.18. The fourth-order valence-electron chi connectivity index (χ4n) is 3.09. The number of nitrogens with one attached hydrogen (secondary N) is 1. The highest BCUT2D eigenvalue weighted by atomic mass is 16.5. The maximum atomic E-state index is 11.6. The monoisotopic (exact) mass is 312 g/mol. The largest absolute Gasteiger partial charge is 0.380 e. The van der Waals surface area contributed by atoms with Crippen LogP contribution in [0.5, 0.6) is 0 Å². The number of urea groups is 1. The number of ether oxygens (including phenoxy) is 1. The Kier molecular flexibility index (Phi) is 6.60. The van der Waals surface area contributed by atoms with Gasteiger partial charge in [0.15, 0.2) is 0 Å². The van der Waals surface area contributed by atoms with Crippen LogP contribution in [0.3, 0.4) is 0 Å². The highest BCUT2D eigenvalue weighted by molar-refractivity contribution is 6.01. The van der Waals surface area contributed by atoms with Gasteiger partial charge in [-0.3, -0.25) is 19.5 Å². The number of hydrogen-bond donors (Lipinski definition) is 1. The van der Waals surface area contributed by atoms with Crippen molar-refractivity contribution in [2.24, 2.45) is 0 Å². The van der Waals surface area contributed by atoms with Crippen molar-refractivity contribution in [1.29, 1.82) is 0 Å². The molecule has 1 N–H and O–H groups in total. The molecule has 2 rings (SSSR count). The van der Waals surface area contributed by atoms with E-state index in [1.165, 1.54) is 4.90 Å². The second kappa shape index (κ2) is 8.45. The molecule has 1 atom stereocenters. The van der Waals surface area contributed by atoms with E-state index in [0.29, 0.717) is 12.6 Å². The zero-order valence-corrected chi connectivity index (χ0v) is 13.7. The zero-order valence-electron chi connectivity index (χ0n) is 13.7. The van der Waals surface area contributed by atoms with E-state index in [2.05, 4.69) is 22.0 Å². The average molecular weight is 312 g/mol. The van der Waals surface area contributed by atoms with Crippen LogP contribution >= 0.6 is 0 Å². The summed E-state index contributed by atoms with van der Waals surface area (Å²) in [5.41, 5.74) is 0. The van der Waals surface area contributed by atoms with Gasteiger partial charge >= 0.3 is 6.03 Å². The van der Waals surface area contributed by atoms with E-state index < -0.39 is 0 Å². The molecule has 3 amide bonds. The number of carbonyl (C=O) groups is 2. The molecule has 2 aliphatic heterocycles. The average Bonchev–Trinajstić information content (AvgIpc) is 2.85. The number of amides is 3. The van der Waals surface area contributed by atoms with Gasteiger partial charge in [0.1, 0.15) is 0 Å². The van der Waals surface area contributed by atoms with Crippen LogP contribution in [0.4, 0.5) is 4.79 Å². The molecule has 7 nitrogen and oxygen atoms in total. The number of piperazine rings is 1. The minimum atomic E-state index is -0.257. The van der Waals surface area contributed by atoms with Crippen molar-refractivity contribution in [1.82, 2.24) is 20.0 Å². The molecular weight excluding hydrogens is 284 g/mol. The van der Waals surface area contributed by atoms with Gasteiger partial charge in [0.25, 0.3) is 0 Å². The van der Waals surface area contributed by atoms with Gasteiger partial charge in [-0.25, -0.2) is 4.79 Å². The van der Waals surface area contributed by atoms with E-state index in [4.69, 9.17) is 4.74 Å². The quantitative estimate of drug-likeness (QED) is 0.504. The Labute approximate surface area is 132 Å². The van der Waals surface area contributed by atoms with Crippen LogP contribution in [0.1, 0.15) is 20.3 Å². The van der Waals surface area contributed by atoms with Gasteiger partial charge in [-0.2, -0.15) is 0 Å². The fraction of sp³-hybridized carbons (Fsp3) is 0.867. The Morgan fingerprint density at radius 2 is 2.00 bits per heavy atom. The van der Waals surface area contributed by atoms with Crippen molar-refractivity contribution in [2.45, 2.75) is 26.3 Å². The van der Waals surface area contributed by atoms with Gasteiger partial charge in [0.2, 0.25) is 5.91 Å². The highest BCUT2D eigenvalue weighted by Gasteiger charge is 2.30. The topological polar surface area (TPSA) is 65.1 Å². The number of nitrogens with zero attached hydrogens (tertiary/aromatic N) is 3. The predicted molar refractivity (Wildman–Crippen MR) is 83.7 cm³/mol. The number of hydrogen-bond acceptors (Lipinski definition) is 5. The standard InChI is InChI=1S/C15H28N4O3/c1-3-13-12-17(5-7-18(13)9-10-22-4-2)6-8-19-14(20)11-16-15(19)21/h13H,3-12H2,1-2H3,(H,16,21). The van der Waals surface area contributed by atoms with Crippen molar-refractivity contribution in [3.63, 3.8) is 0 Å². The molecule has 126 valence electrons. The number of rotatable bonds is 8. The van der Waals surface area contributed by atoms with E-state index in [1.807, 2.05) is 6.92 Å². The Morgan fingerprint density at radius 1 is 1.18 bits per heavy atom. The smallest absolute Gasteiger partial charge is 0.324 e. The maximum absolute atomic E-state index is 11.6. The molecule has 7 heteroatoms. The third kappa shape index (κ3) is 4.41. The summed E-state index contributed by atoms with van der Waals surface area (Å²) in [6, 6.07) is 0.268. The molecule has 2 heterocycles. The fourth-order valence-corrected chi connectivity index (χ4v) is 3.09. The van der Waals surface area contributed by atoms with Crippen LogP contribution in [0.25, 0.3) is 0 Å². The molecule has 2 aliphatic rings. The molecule has 1 unspecified atom stereocenters. The highest BCUT2D eigenvalue weighted by Crippen LogP contribution is 2.13. The van der Waals surface area contributed by atoms with E-state index in [0.717, 1.165) is 52.4 Å². The molecule has 0 aromatic heterocycles. The molecule has 0 aromatic carbocycles. The van der Waals surface area contributed by atoms with Crippen molar-refractivity contribution in [2.75, 3.05) is 59.0 Å². The van der Waals surface area contributed by atoms with Crippen molar-refractivity contribution >= 4 is 11.9 Å². The summed E-state index contributed by atoms with van der Waals surface area (Å²) in [6.07, 6.45) is 1.10. The number of carbonyl (C=O) groups excluding carboxylic acids is 2. The molecule has 2 saturated heterocycles. The lowest BCUT2D eigenvalue weighted by atomic mass is 10.1. The lowest BCUT2D eigenvalue weighted by molar-refractivity contribution is -0.125. The van der Waals surface area contributed by atoms with Gasteiger partial charge < -0.3 is 10.1 Å². The first-order valence-electron chi connectivity index (χ1n) is 8.28. The third-order valence-corrected chi connectivity index (χ3v) is 4.46. The summed E-state index contributed by atoms with van der Waals surface area (Å²) in [5.74, 6) is -0.118. The molecule has 0 saturated carbocycles. The Balaban J connectivity index is 1.75. The minimum Gasteiger partial charge on any atom is -0.380 e. The maximum Gasteiger partial charge on any atom is 0.324 e. The van der Waals surface area contributed by atoms with Crippen molar-refractivity contribution in [3.8, 4) is 0 Å². The zero-order chi connectivity index (χ0) is 15.9. The van der Waals surface area contributed by atoms with Gasteiger partial charge in [0.05, 0.1) is 13.2 Å². The summed E-state index contributed by atoms with van der Waals surface area (Å²) in [7, 11) is 0. The normalized spacial score (nSPS) is 24.1. The summed E-state index contributed by atoms with van der Waals surface area (Å²) in [6.45, 7) is 11.1. The molecule has 22 heavy (non-hydrogen) atoms. The van der Waals surface area contributed by atoms with Crippen LogP contribution in [-0.4, -0.2) is 91.7 Å². The van der Waals surface area contributed by atoms with E-state index >= 15 is 0 Å². The van der Waals surface area contributed by atoms with Gasteiger partial charge in [-0.05, 0) is 13.3 Å². The molecule has 2 fully saturated rings. The van der Waals surface area contributed by atoms with Crippen LogP contribution in [0.15, 0.2) is 0 Å². The van der Waals surface area contributed by atoms with Gasteiger partial charge in [-0.15, -0.1) is 0 Å². The molecule has 0 aromatic rings. The molecule has 0 radical (unpaired) electrons. The van der Waals surface area contributed by atoms with Gasteiger partial charge in [0, 0.05) is 51.9 Å². The second-order valence-corrected chi connectivity index (χ2v) is 5.80. The third-order valence-electron chi connectivity index (χ3n) is 4.46. The molecule has 0 aliphatic carbocycles. The SMILES string of the molecule is CCOCCN1CCN(CCN2C(=O)CNC2=O)CC1CC. The van der Waals surface area contributed by atoms with Crippen LogP contribution < -0.4 is 5.32 Å². The van der Waals surface area contributed by atoms with Crippen LogP contribution in [0, 0.1) is 0 Å².